The van der Waals surface area contributed by atoms with E-state index in [0.717, 1.165) is 30.5 Å². The molecule has 2 heteroatoms. The van der Waals surface area contributed by atoms with Crippen molar-refractivity contribution < 1.29 is 0 Å². The Morgan fingerprint density at radius 1 is 1.21 bits per heavy atom. The Bertz CT molecular complexity index is 256. The van der Waals surface area contributed by atoms with Crippen LogP contribution < -0.4 is 5.32 Å². The van der Waals surface area contributed by atoms with Crippen LogP contribution in [-0.2, 0) is 0 Å². The molecule has 1 aliphatic heterocycles. The summed E-state index contributed by atoms with van der Waals surface area (Å²) in [6.07, 6.45) is 3.99. The van der Waals surface area contributed by atoms with Crippen molar-refractivity contribution in [2.45, 2.75) is 85.4 Å². The van der Waals surface area contributed by atoms with E-state index in [2.05, 4.69) is 58.7 Å². The van der Waals surface area contributed by atoms with Crippen LogP contribution in [-0.4, -0.2) is 35.6 Å². The van der Waals surface area contributed by atoms with Crippen molar-refractivity contribution in [1.82, 2.24) is 10.2 Å². The largest absolute Gasteiger partial charge is 0.312 e. The molecule has 1 aliphatic rings. The third kappa shape index (κ3) is 5.83. The fraction of sp³-hybridized carbons (Fsp3) is 1.00. The van der Waals surface area contributed by atoms with Crippen LogP contribution >= 0.6 is 0 Å². The molecule has 0 amide bonds. The van der Waals surface area contributed by atoms with Gasteiger partial charge in [-0.3, -0.25) is 4.90 Å². The predicted molar refractivity (Wildman–Crippen MR) is 85.6 cm³/mol. The summed E-state index contributed by atoms with van der Waals surface area (Å²) in [6.45, 7) is 18.8. The number of hydrogen-bond donors (Lipinski definition) is 1. The predicted octanol–water partition coefficient (Wildman–Crippen LogP) is 3.91. The summed E-state index contributed by atoms with van der Waals surface area (Å²) in [6, 6.07) is 1.48. The molecule has 1 N–H and O–H groups in total. The maximum atomic E-state index is 3.59. The number of likely N-dealkylation sites (tertiary alicyclic amines) is 1. The lowest BCUT2D eigenvalue weighted by Gasteiger charge is -2.44. The Morgan fingerprint density at radius 3 is 2.42 bits per heavy atom. The minimum atomic E-state index is 0.255. The molecule has 2 nitrogen and oxygen atoms in total. The van der Waals surface area contributed by atoms with E-state index in [1.807, 2.05) is 0 Å². The van der Waals surface area contributed by atoms with E-state index in [1.165, 1.54) is 25.8 Å². The van der Waals surface area contributed by atoms with Crippen LogP contribution in [0.4, 0.5) is 0 Å². The van der Waals surface area contributed by atoms with E-state index in [9.17, 15) is 0 Å². The van der Waals surface area contributed by atoms with Crippen LogP contribution in [0.25, 0.3) is 0 Å². The average molecular weight is 268 g/mol. The second-order valence-electron chi connectivity index (χ2n) is 7.92. The third-order valence-corrected chi connectivity index (χ3v) is 4.66. The van der Waals surface area contributed by atoms with Gasteiger partial charge in [0, 0.05) is 24.2 Å². The summed E-state index contributed by atoms with van der Waals surface area (Å²) in [5, 5.41) is 3.59. The fourth-order valence-corrected chi connectivity index (χ4v) is 3.37. The van der Waals surface area contributed by atoms with Crippen LogP contribution in [0.15, 0.2) is 0 Å². The highest BCUT2D eigenvalue weighted by Gasteiger charge is 2.31. The molecule has 19 heavy (non-hydrogen) atoms. The van der Waals surface area contributed by atoms with Gasteiger partial charge in [0.05, 0.1) is 0 Å². The second-order valence-corrected chi connectivity index (χ2v) is 7.92. The molecule has 1 rings (SSSR count). The van der Waals surface area contributed by atoms with Gasteiger partial charge in [0.1, 0.15) is 0 Å². The lowest BCUT2D eigenvalue weighted by atomic mass is 9.84. The molecule has 4 unspecified atom stereocenters. The first kappa shape index (κ1) is 17.0. The van der Waals surface area contributed by atoms with Crippen LogP contribution in [0.5, 0.6) is 0 Å². The first-order valence-electron chi connectivity index (χ1n) is 8.21. The molecule has 1 fully saturated rings. The normalized spacial score (nSPS) is 31.4. The van der Waals surface area contributed by atoms with Gasteiger partial charge < -0.3 is 5.32 Å². The summed E-state index contributed by atoms with van der Waals surface area (Å²) in [5.41, 5.74) is 0.255. The summed E-state index contributed by atoms with van der Waals surface area (Å²) in [4.78, 5) is 2.75. The van der Waals surface area contributed by atoms with Gasteiger partial charge in [-0.05, 0) is 72.3 Å². The molecule has 0 aliphatic carbocycles. The molecule has 0 aromatic carbocycles. The molecule has 0 bridgehead atoms. The number of nitrogens with one attached hydrogen (secondary N) is 1. The van der Waals surface area contributed by atoms with Crippen LogP contribution in [0, 0.1) is 11.8 Å². The van der Waals surface area contributed by atoms with Crippen molar-refractivity contribution in [2.24, 2.45) is 11.8 Å². The van der Waals surface area contributed by atoms with E-state index in [1.54, 1.807) is 0 Å². The lowest BCUT2D eigenvalue weighted by Crippen LogP contribution is -2.50. The monoisotopic (exact) mass is 268 g/mol. The van der Waals surface area contributed by atoms with Crippen LogP contribution in [0.1, 0.15) is 67.7 Å². The number of piperidine rings is 1. The zero-order chi connectivity index (χ0) is 14.6. The van der Waals surface area contributed by atoms with Crippen molar-refractivity contribution in [1.29, 1.82) is 0 Å². The van der Waals surface area contributed by atoms with Gasteiger partial charge >= 0.3 is 0 Å². The van der Waals surface area contributed by atoms with E-state index < -0.39 is 0 Å². The lowest BCUT2D eigenvalue weighted by molar-refractivity contribution is 0.0427. The maximum absolute atomic E-state index is 3.59. The van der Waals surface area contributed by atoms with Gasteiger partial charge in [0.15, 0.2) is 0 Å². The molecule has 114 valence electrons. The topological polar surface area (TPSA) is 15.3 Å². The second kappa shape index (κ2) is 7.08. The molecule has 0 aromatic rings. The maximum Gasteiger partial charge on any atom is 0.00965 e. The number of rotatable bonds is 5. The molecular formula is C17H36N2. The molecular weight excluding hydrogens is 232 g/mol. The van der Waals surface area contributed by atoms with Crippen molar-refractivity contribution in [3.63, 3.8) is 0 Å². The highest BCUT2D eigenvalue weighted by Crippen LogP contribution is 2.29. The summed E-state index contributed by atoms with van der Waals surface area (Å²) < 4.78 is 0. The standard InChI is InChI=1S/C17H36N2/c1-13-11-14(2)16(4)19(12-13)15(3)9-8-10-18-17(5,6)7/h13-16,18H,8-12H2,1-7H3. The van der Waals surface area contributed by atoms with Crippen molar-refractivity contribution in [3.05, 3.63) is 0 Å². The summed E-state index contributed by atoms with van der Waals surface area (Å²) in [5.74, 6) is 1.71. The number of hydrogen-bond acceptors (Lipinski definition) is 2. The third-order valence-electron chi connectivity index (χ3n) is 4.66. The van der Waals surface area contributed by atoms with Crippen LogP contribution in [0.3, 0.4) is 0 Å². The fourth-order valence-electron chi connectivity index (χ4n) is 3.37. The van der Waals surface area contributed by atoms with Crippen LogP contribution in [0.2, 0.25) is 0 Å². The summed E-state index contributed by atoms with van der Waals surface area (Å²) >= 11 is 0. The molecule has 4 atom stereocenters. The minimum Gasteiger partial charge on any atom is -0.312 e. The Balaban J connectivity index is 2.33. The van der Waals surface area contributed by atoms with Gasteiger partial charge in [-0.1, -0.05) is 13.8 Å². The van der Waals surface area contributed by atoms with Crippen molar-refractivity contribution in [2.75, 3.05) is 13.1 Å². The first-order chi connectivity index (χ1) is 8.70. The highest BCUT2D eigenvalue weighted by atomic mass is 15.2. The zero-order valence-corrected chi connectivity index (χ0v) is 14.3. The van der Waals surface area contributed by atoms with Gasteiger partial charge in [-0.15, -0.1) is 0 Å². The zero-order valence-electron chi connectivity index (χ0n) is 14.3. The Kier molecular flexibility index (Phi) is 6.32. The minimum absolute atomic E-state index is 0.255. The van der Waals surface area contributed by atoms with E-state index in [4.69, 9.17) is 0 Å². The van der Waals surface area contributed by atoms with Gasteiger partial charge in [0.2, 0.25) is 0 Å². The van der Waals surface area contributed by atoms with Crippen molar-refractivity contribution >= 4 is 0 Å². The number of nitrogens with zero attached hydrogens (tertiary/aromatic N) is 1. The molecule has 1 saturated heterocycles. The Hall–Kier alpha value is -0.0800. The molecule has 0 radical (unpaired) electrons. The molecule has 0 aromatic heterocycles. The first-order valence-corrected chi connectivity index (χ1v) is 8.21. The smallest absolute Gasteiger partial charge is 0.00965 e. The molecule has 0 spiro atoms. The molecule has 0 saturated carbocycles. The molecule has 1 heterocycles. The van der Waals surface area contributed by atoms with Crippen molar-refractivity contribution in [3.8, 4) is 0 Å². The van der Waals surface area contributed by atoms with E-state index in [0.29, 0.717) is 0 Å². The summed E-state index contributed by atoms with van der Waals surface area (Å²) in [7, 11) is 0. The Morgan fingerprint density at radius 2 is 1.84 bits per heavy atom. The highest BCUT2D eigenvalue weighted by molar-refractivity contribution is 4.85. The van der Waals surface area contributed by atoms with E-state index >= 15 is 0 Å². The van der Waals surface area contributed by atoms with Gasteiger partial charge in [0.25, 0.3) is 0 Å². The van der Waals surface area contributed by atoms with Gasteiger partial charge in [-0.2, -0.15) is 0 Å². The van der Waals surface area contributed by atoms with E-state index in [-0.39, 0.29) is 5.54 Å². The quantitative estimate of drug-likeness (QED) is 0.761. The Labute approximate surface area is 121 Å². The SMILES string of the molecule is CC1CC(C)C(C)N(C(C)CCCNC(C)(C)C)C1. The average Bonchev–Trinajstić information content (AvgIpc) is 2.27. The van der Waals surface area contributed by atoms with Gasteiger partial charge in [-0.25, -0.2) is 0 Å².